The largest absolute Gasteiger partial charge is 0.465 e. The fourth-order valence-corrected chi connectivity index (χ4v) is 2.01. The fourth-order valence-electron chi connectivity index (χ4n) is 2.01. The van der Waals surface area contributed by atoms with Gasteiger partial charge in [-0.1, -0.05) is 58.1 Å². The summed E-state index contributed by atoms with van der Waals surface area (Å²) < 4.78 is 5.10. The lowest BCUT2D eigenvalue weighted by atomic mass is 10.1. The molecule has 1 atom stereocenters. The lowest BCUT2D eigenvalue weighted by Crippen LogP contribution is -2.12. The Morgan fingerprint density at radius 2 is 1.85 bits per heavy atom. The molecule has 20 heavy (non-hydrogen) atoms. The summed E-state index contributed by atoms with van der Waals surface area (Å²) in [6.45, 7) is 4.72. The molecule has 0 amide bonds. The van der Waals surface area contributed by atoms with Gasteiger partial charge in [0.2, 0.25) is 0 Å². The summed E-state index contributed by atoms with van der Waals surface area (Å²) in [5.74, 6) is -0.195. The summed E-state index contributed by atoms with van der Waals surface area (Å²) in [6, 6.07) is 0. The highest BCUT2D eigenvalue weighted by atomic mass is 16.5. The van der Waals surface area contributed by atoms with Crippen molar-refractivity contribution in [3.8, 4) is 0 Å². The third kappa shape index (κ3) is 13.6. The molecular weight excluding hydrogens is 252 g/mol. The van der Waals surface area contributed by atoms with Crippen LogP contribution in [0.4, 0.5) is 0 Å². The Morgan fingerprint density at radius 3 is 2.55 bits per heavy atom. The molecule has 1 N–H and O–H groups in total. The lowest BCUT2D eigenvalue weighted by Gasteiger charge is -2.10. The van der Waals surface area contributed by atoms with Crippen molar-refractivity contribution >= 4 is 5.97 Å². The van der Waals surface area contributed by atoms with Crippen LogP contribution in [0.2, 0.25) is 0 Å². The minimum atomic E-state index is -0.357. The molecule has 0 heterocycles. The number of rotatable bonds is 13. The highest BCUT2D eigenvalue weighted by molar-refractivity contribution is 5.69. The van der Waals surface area contributed by atoms with Crippen LogP contribution in [-0.4, -0.2) is 23.8 Å². The quantitative estimate of drug-likeness (QED) is 0.310. The molecule has 0 aromatic carbocycles. The number of carbonyl (C=O) groups is 1. The Kier molecular flexibility index (Phi) is 14.0. The molecule has 3 nitrogen and oxygen atoms in total. The van der Waals surface area contributed by atoms with E-state index in [1.54, 1.807) is 0 Å². The molecule has 3 heteroatoms. The number of ether oxygens (including phenoxy) is 1. The molecule has 0 saturated carbocycles. The van der Waals surface area contributed by atoms with E-state index in [1.807, 2.05) is 6.08 Å². The van der Waals surface area contributed by atoms with Gasteiger partial charge in [-0.2, -0.15) is 0 Å². The van der Waals surface area contributed by atoms with Gasteiger partial charge in [-0.15, -0.1) is 0 Å². The molecule has 0 radical (unpaired) electrons. The average Bonchev–Trinajstić information content (AvgIpc) is 2.44. The van der Waals surface area contributed by atoms with Crippen LogP contribution in [0.15, 0.2) is 12.2 Å². The van der Waals surface area contributed by atoms with Gasteiger partial charge in [0.15, 0.2) is 0 Å². The molecule has 0 aromatic rings. The Morgan fingerprint density at radius 1 is 1.10 bits per heavy atom. The van der Waals surface area contributed by atoms with Crippen LogP contribution in [0.1, 0.15) is 78.1 Å². The van der Waals surface area contributed by atoms with Gasteiger partial charge in [0.05, 0.1) is 12.7 Å². The first-order chi connectivity index (χ1) is 9.70. The van der Waals surface area contributed by atoms with Crippen molar-refractivity contribution in [2.45, 2.75) is 84.2 Å². The van der Waals surface area contributed by atoms with Gasteiger partial charge in [-0.05, 0) is 25.7 Å². The SMILES string of the molecule is CC/C=C/CCOC(=O)CCC(O)CCCCCCC. The van der Waals surface area contributed by atoms with Crippen molar-refractivity contribution in [1.82, 2.24) is 0 Å². The van der Waals surface area contributed by atoms with Gasteiger partial charge >= 0.3 is 5.97 Å². The second kappa shape index (κ2) is 14.6. The molecule has 0 saturated heterocycles. The smallest absolute Gasteiger partial charge is 0.305 e. The molecule has 118 valence electrons. The molecular formula is C17H32O3. The number of aliphatic hydroxyl groups is 1. The van der Waals surface area contributed by atoms with Crippen molar-refractivity contribution in [1.29, 1.82) is 0 Å². The van der Waals surface area contributed by atoms with Crippen LogP contribution < -0.4 is 0 Å². The molecule has 0 rings (SSSR count). The standard InChI is InChI=1S/C17H32O3/c1-3-5-7-9-10-12-16(18)13-14-17(19)20-15-11-8-6-4-2/h6,8,16,18H,3-5,7,9-15H2,1-2H3/b8-6+. The highest BCUT2D eigenvalue weighted by Crippen LogP contribution is 2.10. The monoisotopic (exact) mass is 284 g/mol. The van der Waals surface area contributed by atoms with Gasteiger partial charge < -0.3 is 9.84 Å². The number of hydrogen-bond donors (Lipinski definition) is 1. The normalized spacial score (nSPS) is 12.8. The van der Waals surface area contributed by atoms with Crippen molar-refractivity contribution in [2.24, 2.45) is 0 Å². The molecule has 0 aromatic heterocycles. The predicted octanol–water partition coefficient (Wildman–Crippen LogP) is 4.39. The van der Waals surface area contributed by atoms with Crippen molar-refractivity contribution in [3.05, 3.63) is 12.2 Å². The summed E-state index contributed by atoms with van der Waals surface area (Å²) >= 11 is 0. The van der Waals surface area contributed by atoms with Crippen LogP contribution in [-0.2, 0) is 9.53 Å². The fraction of sp³-hybridized carbons (Fsp3) is 0.824. The number of allylic oxidation sites excluding steroid dienone is 1. The zero-order valence-electron chi connectivity index (χ0n) is 13.3. The van der Waals surface area contributed by atoms with Crippen LogP contribution in [0, 0.1) is 0 Å². The molecule has 0 spiro atoms. The van der Waals surface area contributed by atoms with Gasteiger partial charge in [0, 0.05) is 6.42 Å². The van der Waals surface area contributed by atoms with Gasteiger partial charge in [-0.25, -0.2) is 0 Å². The topological polar surface area (TPSA) is 46.5 Å². The molecule has 0 aliphatic heterocycles. The van der Waals surface area contributed by atoms with Crippen molar-refractivity contribution < 1.29 is 14.6 Å². The minimum Gasteiger partial charge on any atom is -0.465 e. The summed E-state index contributed by atoms with van der Waals surface area (Å²) in [6.07, 6.45) is 13.2. The maximum atomic E-state index is 11.4. The third-order valence-corrected chi connectivity index (χ3v) is 3.27. The second-order valence-electron chi connectivity index (χ2n) is 5.28. The minimum absolute atomic E-state index is 0.195. The van der Waals surface area contributed by atoms with E-state index in [9.17, 15) is 9.90 Å². The van der Waals surface area contributed by atoms with Crippen LogP contribution >= 0.6 is 0 Å². The van der Waals surface area contributed by atoms with E-state index in [0.717, 1.165) is 25.7 Å². The van der Waals surface area contributed by atoms with Crippen molar-refractivity contribution in [2.75, 3.05) is 6.61 Å². The van der Waals surface area contributed by atoms with E-state index in [-0.39, 0.29) is 12.1 Å². The zero-order chi connectivity index (χ0) is 15.1. The molecule has 0 aliphatic rings. The van der Waals surface area contributed by atoms with E-state index in [4.69, 9.17) is 4.74 Å². The van der Waals surface area contributed by atoms with Crippen LogP contribution in [0.3, 0.4) is 0 Å². The summed E-state index contributed by atoms with van der Waals surface area (Å²) in [5.41, 5.74) is 0. The second-order valence-corrected chi connectivity index (χ2v) is 5.28. The van der Waals surface area contributed by atoms with Gasteiger partial charge in [0.25, 0.3) is 0 Å². The zero-order valence-corrected chi connectivity index (χ0v) is 13.3. The number of hydrogen-bond acceptors (Lipinski definition) is 3. The van der Waals surface area contributed by atoms with E-state index in [1.165, 1.54) is 25.7 Å². The number of aliphatic hydroxyl groups excluding tert-OH is 1. The average molecular weight is 284 g/mol. The molecule has 0 aliphatic carbocycles. The number of carbonyl (C=O) groups excluding carboxylic acids is 1. The summed E-state index contributed by atoms with van der Waals surface area (Å²) in [5, 5.41) is 9.78. The number of esters is 1. The molecule has 0 fully saturated rings. The Balaban J connectivity index is 3.41. The first-order valence-corrected chi connectivity index (χ1v) is 8.19. The van der Waals surface area contributed by atoms with E-state index < -0.39 is 0 Å². The first-order valence-electron chi connectivity index (χ1n) is 8.19. The van der Waals surface area contributed by atoms with Gasteiger partial charge in [-0.3, -0.25) is 4.79 Å². The van der Waals surface area contributed by atoms with E-state index >= 15 is 0 Å². The Bertz CT molecular complexity index is 249. The van der Waals surface area contributed by atoms with E-state index in [0.29, 0.717) is 19.4 Å². The number of unbranched alkanes of at least 4 members (excludes halogenated alkanes) is 4. The molecule has 1 unspecified atom stereocenters. The summed E-state index contributed by atoms with van der Waals surface area (Å²) in [4.78, 5) is 11.4. The van der Waals surface area contributed by atoms with Crippen molar-refractivity contribution in [3.63, 3.8) is 0 Å². The third-order valence-electron chi connectivity index (χ3n) is 3.27. The maximum Gasteiger partial charge on any atom is 0.305 e. The highest BCUT2D eigenvalue weighted by Gasteiger charge is 2.08. The van der Waals surface area contributed by atoms with Gasteiger partial charge in [0.1, 0.15) is 0 Å². The summed E-state index contributed by atoms with van der Waals surface area (Å²) in [7, 11) is 0. The van der Waals surface area contributed by atoms with E-state index in [2.05, 4.69) is 19.9 Å². The van der Waals surface area contributed by atoms with Crippen LogP contribution in [0.5, 0.6) is 0 Å². The Labute approximate surface area is 124 Å². The Hall–Kier alpha value is -0.830. The maximum absolute atomic E-state index is 11.4. The lowest BCUT2D eigenvalue weighted by molar-refractivity contribution is -0.144. The molecule has 0 bridgehead atoms. The predicted molar refractivity (Wildman–Crippen MR) is 83.6 cm³/mol. The van der Waals surface area contributed by atoms with Crippen LogP contribution in [0.25, 0.3) is 0 Å². The first kappa shape index (κ1) is 19.2.